The van der Waals surface area contributed by atoms with E-state index in [1.807, 2.05) is 0 Å². The summed E-state index contributed by atoms with van der Waals surface area (Å²) >= 11 is 0. The van der Waals surface area contributed by atoms with E-state index < -0.39 is 285 Å². The van der Waals surface area contributed by atoms with Crippen LogP contribution in [0.4, 0.5) is 0 Å². The fourth-order valence-corrected chi connectivity index (χ4v) is 11.2. The van der Waals surface area contributed by atoms with Crippen molar-refractivity contribution in [3.05, 3.63) is 0 Å². The Morgan fingerprint density at radius 1 is 0.494 bits per heavy atom. The van der Waals surface area contributed by atoms with E-state index in [1.54, 1.807) is 0 Å². The minimum Gasteiger partial charge on any atom is -0.477 e. The molecule has 0 bridgehead atoms. The Labute approximate surface area is 491 Å². The Morgan fingerprint density at radius 3 is 1.45 bits per heavy atom. The third-order valence-corrected chi connectivity index (χ3v) is 16.3. The van der Waals surface area contributed by atoms with Crippen LogP contribution in [0, 0.1) is 5.92 Å². The molecule has 0 aromatic heterocycles. The van der Waals surface area contributed by atoms with Gasteiger partial charge < -0.3 is 184 Å². The Balaban J connectivity index is 1.21. The number of hydrogen-bond acceptors (Lipinski definition) is 37. The van der Waals surface area contributed by atoms with Crippen LogP contribution in [-0.4, -0.2) is 390 Å². The number of rotatable bonds is 23. The average molecular weight is 1280 g/mol. The molecule has 0 aromatic rings. The van der Waals surface area contributed by atoms with E-state index in [0.29, 0.717) is 0 Å². The molecule has 7 saturated heterocycles. The van der Waals surface area contributed by atoms with Gasteiger partial charge in [-0.3, -0.25) is 4.79 Å². The van der Waals surface area contributed by atoms with Crippen LogP contribution in [0.25, 0.3) is 0 Å². The van der Waals surface area contributed by atoms with Crippen molar-refractivity contribution in [2.45, 2.75) is 235 Å². The lowest BCUT2D eigenvalue weighted by Gasteiger charge is -2.51. The Hall–Kier alpha value is -2.46. The quantitative estimate of drug-likeness (QED) is 0.0452. The number of amides is 1. The molecule has 87 heavy (non-hydrogen) atoms. The Bertz CT molecular complexity index is 2160. The normalized spacial score (nSPS) is 49.8. The monoisotopic (exact) mass is 1280 g/mol. The molecular formula is C48H81NO38. The fourth-order valence-electron chi connectivity index (χ4n) is 11.2. The summed E-state index contributed by atoms with van der Waals surface area (Å²) in [5.41, 5.74) is 0. The summed E-state index contributed by atoms with van der Waals surface area (Å²) in [6.45, 7) is -5.22. The molecule has 7 aliphatic heterocycles. The first-order valence-corrected chi connectivity index (χ1v) is 27.6. The van der Waals surface area contributed by atoms with E-state index in [-0.39, 0.29) is 0 Å². The van der Waals surface area contributed by atoms with E-state index in [0.717, 1.165) is 6.92 Å². The van der Waals surface area contributed by atoms with Crippen LogP contribution in [-0.2, 0) is 71.2 Å². The molecule has 7 fully saturated rings. The van der Waals surface area contributed by atoms with Crippen LogP contribution in [0.1, 0.15) is 20.3 Å². The van der Waals surface area contributed by atoms with Crippen molar-refractivity contribution in [3.8, 4) is 0 Å². The van der Waals surface area contributed by atoms with Gasteiger partial charge >= 0.3 is 5.97 Å². The van der Waals surface area contributed by atoms with Crippen molar-refractivity contribution in [2.24, 2.45) is 5.92 Å². The average Bonchev–Trinajstić information content (AvgIpc) is 1.29. The van der Waals surface area contributed by atoms with E-state index in [2.05, 4.69) is 5.32 Å². The number of aliphatic carboxylic acids is 1. The Kier molecular flexibility index (Phi) is 25.3. The van der Waals surface area contributed by atoms with Gasteiger partial charge in [-0.25, -0.2) is 4.79 Å². The van der Waals surface area contributed by atoms with Gasteiger partial charge in [0.05, 0.1) is 58.5 Å². The molecule has 39 heteroatoms. The van der Waals surface area contributed by atoms with Crippen LogP contribution in [0.2, 0.25) is 0 Å². The van der Waals surface area contributed by atoms with Crippen LogP contribution >= 0.6 is 0 Å². The number of carbonyl (C=O) groups is 2. The molecule has 506 valence electrons. The maximum atomic E-state index is 13.1. The second-order valence-corrected chi connectivity index (χ2v) is 22.1. The fraction of sp³-hybridized carbons (Fsp3) is 0.958. The van der Waals surface area contributed by atoms with Gasteiger partial charge in [0.1, 0.15) is 159 Å². The van der Waals surface area contributed by atoms with Crippen molar-refractivity contribution < 1.29 is 189 Å². The minimum absolute atomic E-state index is 0.906. The molecule has 36 atom stereocenters. The zero-order valence-electron chi connectivity index (χ0n) is 46.3. The van der Waals surface area contributed by atoms with Gasteiger partial charge in [0.2, 0.25) is 5.91 Å². The second kappa shape index (κ2) is 30.5. The molecule has 0 spiro atoms. The van der Waals surface area contributed by atoms with Gasteiger partial charge in [0.15, 0.2) is 37.7 Å². The topological polar surface area (TPSA) is 631 Å². The number of hydrogen-bond donors (Lipinski definition) is 24. The van der Waals surface area contributed by atoms with Crippen molar-refractivity contribution in [1.29, 1.82) is 0 Å². The molecule has 0 saturated carbocycles. The van der Waals surface area contributed by atoms with Crippen molar-refractivity contribution in [2.75, 3.05) is 46.2 Å². The third-order valence-electron chi connectivity index (χ3n) is 16.3. The van der Waals surface area contributed by atoms with Crippen molar-refractivity contribution in [3.63, 3.8) is 0 Å². The second-order valence-electron chi connectivity index (χ2n) is 22.1. The summed E-state index contributed by atoms with van der Waals surface area (Å²) in [4.78, 5) is 26.1. The maximum Gasteiger partial charge on any atom is 0.364 e. The lowest BCUT2D eigenvalue weighted by atomic mass is 9.84. The lowest BCUT2D eigenvalue weighted by Crippen LogP contribution is -2.70. The molecule has 7 heterocycles. The van der Waals surface area contributed by atoms with Gasteiger partial charge in [-0.2, -0.15) is 0 Å². The smallest absolute Gasteiger partial charge is 0.364 e. The molecule has 13 unspecified atom stereocenters. The van der Waals surface area contributed by atoms with Gasteiger partial charge in [-0.05, 0) is 0 Å². The van der Waals surface area contributed by atoms with Gasteiger partial charge in [0.25, 0.3) is 5.79 Å². The van der Waals surface area contributed by atoms with Crippen molar-refractivity contribution in [1.82, 2.24) is 5.32 Å². The van der Waals surface area contributed by atoms with E-state index in [1.165, 1.54) is 6.92 Å². The van der Waals surface area contributed by atoms with Crippen molar-refractivity contribution >= 4 is 11.9 Å². The summed E-state index contributed by atoms with van der Waals surface area (Å²) in [6, 6.07) is -2.02. The standard InChI is InChI=1S/C48H81NO38/c1-11-13(57)3-48(47(73)74,86-35(11)22(59)14(58)4-50)87-40-25(62)17(7-53)79-46(34(40)71)84-38-20(10-75-43-32(69)29(66)37(19(9-55)80-43)82-44-31(68)27(64)23(60)15(5-51)77-44)81-42(21(26(38)63)49-12(2)56)85-39-24(61)16(6-52)78-45(33(39)70)83-36-18(8-54)76-41(72)30(67)28(36)65/h11,13-46,50-55,57-72H,3-10H2,1-2H3,(H,49,56)(H,73,74)/t11-,13-,14-,15?,16?,17+,18?,19?,20?,21?,22-,23+,24+,25+,26-,27+,28-,29-,30?,31?,32?,33?,34?,35?,36-,37-,38-,39+,40?,41-,42+,43-,44+,45+,46+,48+/m1/s1. The largest absolute Gasteiger partial charge is 0.477 e. The molecule has 0 radical (unpaired) electrons. The summed E-state index contributed by atoms with van der Waals surface area (Å²) in [5, 5.41) is 250. The Morgan fingerprint density at radius 2 is 0.931 bits per heavy atom. The highest BCUT2D eigenvalue weighted by Crippen LogP contribution is 2.41. The molecule has 0 aromatic carbocycles. The summed E-state index contributed by atoms with van der Waals surface area (Å²) in [7, 11) is 0. The van der Waals surface area contributed by atoms with Crippen LogP contribution < -0.4 is 5.32 Å². The summed E-state index contributed by atoms with van der Waals surface area (Å²) in [5.74, 6) is -7.35. The molecule has 1 amide bonds. The first-order chi connectivity index (χ1) is 41.0. The maximum absolute atomic E-state index is 13.1. The molecule has 39 nitrogen and oxygen atoms in total. The minimum atomic E-state index is -3.14. The molecular weight excluding hydrogens is 1200 g/mol. The van der Waals surface area contributed by atoms with E-state index in [4.69, 9.17) is 61.6 Å². The predicted octanol–water partition coefficient (Wildman–Crippen LogP) is -15.7. The third kappa shape index (κ3) is 15.1. The SMILES string of the molecule is CC(=O)NC1[C@H](O[C@@H]2C(O)[C@H](O[C@@H]3C(CO)O[C@@H](O)C(O)[C@H]3O)OC(CO)[C@@H]2O)OC(CO[C@@H]2OC(CO)[C@@H](O[C@@H]3OC(CO)[C@H](O)[C@H](O)C3O)[C@H](O)C2O)[C@@H](O[C@@H]2O[C@@H](CO)[C@H](O)C(O[C@]3(C(=O)O)C[C@@H](O)[C@@H](C)C([C@H](O)[C@H](O)CO)O3)C2O)[C@@H]1O. The summed E-state index contributed by atoms with van der Waals surface area (Å²) < 4.78 is 74.4. The van der Waals surface area contributed by atoms with Gasteiger partial charge in [-0.15, -0.1) is 0 Å². The van der Waals surface area contributed by atoms with Crippen LogP contribution in [0.3, 0.4) is 0 Å². The molecule has 24 N–H and O–H groups in total. The number of carboxylic acid groups (broad SMARTS) is 1. The number of ether oxygens (including phenoxy) is 13. The number of aliphatic hydroxyl groups excluding tert-OH is 22. The number of carbonyl (C=O) groups excluding carboxylic acids is 1. The van der Waals surface area contributed by atoms with E-state index in [9.17, 15) is 127 Å². The molecule has 7 rings (SSSR count). The number of carboxylic acids is 1. The number of nitrogens with one attached hydrogen (secondary N) is 1. The predicted molar refractivity (Wildman–Crippen MR) is 264 cm³/mol. The first-order valence-electron chi connectivity index (χ1n) is 27.6. The zero-order chi connectivity index (χ0) is 64.4. The van der Waals surface area contributed by atoms with Crippen LogP contribution in [0.15, 0.2) is 0 Å². The summed E-state index contributed by atoms with van der Waals surface area (Å²) in [6.07, 6.45) is -68.5. The highest BCUT2D eigenvalue weighted by Gasteiger charge is 2.61. The number of aliphatic hydroxyl groups is 22. The highest BCUT2D eigenvalue weighted by molar-refractivity contribution is 5.76. The lowest BCUT2D eigenvalue weighted by molar-refractivity contribution is -0.394. The van der Waals surface area contributed by atoms with Crippen LogP contribution in [0.5, 0.6) is 0 Å². The molecule has 0 aliphatic carbocycles. The highest BCUT2D eigenvalue weighted by atomic mass is 16.8. The van der Waals surface area contributed by atoms with E-state index >= 15 is 0 Å². The zero-order valence-corrected chi connectivity index (χ0v) is 46.3. The first kappa shape index (κ1) is 72.0. The van der Waals surface area contributed by atoms with Gasteiger partial charge in [-0.1, -0.05) is 6.92 Å². The van der Waals surface area contributed by atoms with Gasteiger partial charge in [0, 0.05) is 19.3 Å². The molecule has 7 aliphatic rings.